The standard InChI is InChI=1S/C30H25NO4/c1-2-25-26(29(32)33)24(19-18-21-12-6-3-7-13-21)27(28(31-25)23-16-10-5-11-17-23)30(34)35-20-22-14-8-4-9-15-22/h3-17,24,31H,2,20H2,1H3,(H,32,33). The highest BCUT2D eigenvalue weighted by atomic mass is 16.5. The van der Waals surface area contributed by atoms with Gasteiger partial charge in [-0.3, -0.25) is 0 Å². The molecule has 0 bridgehead atoms. The SMILES string of the molecule is CCC1=C(C(=O)O)C(C#Cc2ccccc2)C(C(=O)OCc2ccccc2)=C(c2ccccc2)N1. The molecular formula is C30H25NO4. The van der Waals surface area contributed by atoms with E-state index in [9.17, 15) is 14.7 Å². The lowest BCUT2D eigenvalue weighted by atomic mass is 9.83. The zero-order valence-electron chi connectivity index (χ0n) is 19.3. The van der Waals surface area contributed by atoms with E-state index in [0.717, 1.165) is 16.7 Å². The van der Waals surface area contributed by atoms with Gasteiger partial charge in [-0.25, -0.2) is 9.59 Å². The first-order valence-electron chi connectivity index (χ1n) is 11.4. The number of carbonyl (C=O) groups excluding carboxylic acids is 1. The Morgan fingerprint density at radius 2 is 1.49 bits per heavy atom. The molecule has 4 rings (SSSR count). The fraction of sp³-hybridized carbons (Fsp3) is 0.133. The summed E-state index contributed by atoms with van der Waals surface area (Å²) >= 11 is 0. The highest BCUT2D eigenvalue weighted by molar-refractivity contribution is 6.04. The summed E-state index contributed by atoms with van der Waals surface area (Å²) in [6.45, 7) is 1.94. The van der Waals surface area contributed by atoms with Gasteiger partial charge in [-0.05, 0) is 29.7 Å². The van der Waals surface area contributed by atoms with Crippen molar-refractivity contribution in [2.24, 2.45) is 5.92 Å². The van der Waals surface area contributed by atoms with Gasteiger partial charge in [-0.2, -0.15) is 0 Å². The maximum absolute atomic E-state index is 13.5. The number of dihydropyridines is 1. The van der Waals surface area contributed by atoms with Crippen molar-refractivity contribution in [3.63, 3.8) is 0 Å². The van der Waals surface area contributed by atoms with Crippen LogP contribution in [-0.4, -0.2) is 17.0 Å². The lowest BCUT2D eigenvalue weighted by Gasteiger charge is -2.29. The van der Waals surface area contributed by atoms with Gasteiger partial charge in [0.25, 0.3) is 0 Å². The molecule has 174 valence electrons. The van der Waals surface area contributed by atoms with E-state index in [0.29, 0.717) is 17.8 Å². The van der Waals surface area contributed by atoms with Gasteiger partial charge in [0, 0.05) is 11.3 Å². The van der Waals surface area contributed by atoms with E-state index in [1.165, 1.54) is 0 Å². The van der Waals surface area contributed by atoms with E-state index in [4.69, 9.17) is 4.74 Å². The number of allylic oxidation sites excluding steroid dienone is 1. The second kappa shape index (κ2) is 11.0. The van der Waals surface area contributed by atoms with Crippen molar-refractivity contribution < 1.29 is 19.4 Å². The molecule has 1 aliphatic heterocycles. The van der Waals surface area contributed by atoms with Crippen molar-refractivity contribution in [3.05, 3.63) is 125 Å². The molecule has 0 spiro atoms. The maximum Gasteiger partial charge on any atom is 0.338 e. The Morgan fingerprint density at radius 3 is 2.09 bits per heavy atom. The van der Waals surface area contributed by atoms with Crippen LogP contribution in [0.1, 0.15) is 30.0 Å². The number of carbonyl (C=O) groups is 2. The monoisotopic (exact) mass is 463 g/mol. The van der Waals surface area contributed by atoms with Crippen LogP contribution in [0.25, 0.3) is 5.70 Å². The number of nitrogens with one attached hydrogen (secondary N) is 1. The van der Waals surface area contributed by atoms with Crippen LogP contribution in [0, 0.1) is 17.8 Å². The minimum absolute atomic E-state index is 0.0577. The van der Waals surface area contributed by atoms with Gasteiger partial charge in [0.2, 0.25) is 0 Å². The van der Waals surface area contributed by atoms with E-state index < -0.39 is 17.9 Å². The third-order valence-electron chi connectivity index (χ3n) is 5.66. The van der Waals surface area contributed by atoms with Crippen molar-refractivity contribution in [3.8, 4) is 11.8 Å². The van der Waals surface area contributed by atoms with Crippen LogP contribution in [0.15, 0.2) is 108 Å². The fourth-order valence-corrected chi connectivity index (χ4v) is 3.95. The van der Waals surface area contributed by atoms with Crippen molar-refractivity contribution in [1.29, 1.82) is 0 Å². The second-order valence-corrected chi connectivity index (χ2v) is 7.96. The van der Waals surface area contributed by atoms with Crippen LogP contribution in [0.3, 0.4) is 0 Å². The molecule has 5 nitrogen and oxygen atoms in total. The van der Waals surface area contributed by atoms with Crippen molar-refractivity contribution in [1.82, 2.24) is 5.32 Å². The molecular weight excluding hydrogens is 438 g/mol. The number of rotatable bonds is 6. The van der Waals surface area contributed by atoms with Crippen molar-refractivity contribution in [2.45, 2.75) is 20.0 Å². The lowest BCUT2D eigenvalue weighted by molar-refractivity contribution is -0.140. The van der Waals surface area contributed by atoms with Crippen LogP contribution in [0.4, 0.5) is 0 Å². The Morgan fingerprint density at radius 1 is 0.886 bits per heavy atom. The summed E-state index contributed by atoms with van der Waals surface area (Å²) in [5.41, 5.74) is 3.59. The summed E-state index contributed by atoms with van der Waals surface area (Å²) < 4.78 is 5.68. The van der Waals surface area contributed by atoms with Gasteiger partial charge in [0.1, 0.15) is 6.61 Å². The van der Waals surface area contributed by atoms with Crippen LogP contribution < -0.4 is 5.32 Å². The molecule has 3 aromatic carbocycles. The number of carboxylic acids is 1. The molecule has 0 aromatic heterocycles. The summed E-state index contributed by atoms with van der Waals surface area (Å²) in [7, 11) is 0. The predicted octanol–water partition coefficient (Wildman–Crippen LogP) is 5.16. The number of ether oxygens (including phenoxy) is 1. The number of esters is 1. The van der Waals surface area contributed by atoms with E-state index in [1.807, 2.05) is 97.9 Å². The van der Waals surface area contributed by atoms with Gasteiger partial charge in [0.05, 0.1) is 22.8 Å². The first-order chi connectivity index (χ1) is 17.1. The zero-order chi connectivity index (χ0) is 24.6. The molecule has 0 amide bonds. The Kier molecular flexibility index (Phi) is 7.44. The van der Waals surface area contributed by atoms with Crippen LogP contribution in [0.5, 0.6) is 0 Å². The van der Waals surface area contributed by atoms with E-state index in [1.54, 1.807) is 0 Å². The Labute approximate surface area is 204 Å². The molecule has 0 fully saturated rings. The van der Waals surface area contributed by atoms with E-state index >= 15 is 0 Å². The average molecular weight is 464 g/mol. The molecule has 2 N–H and O–H groups in total. The molecule has 3 aromatic rings. The summed E-state index contributed by atoms with van der Waals surface area (Å²) in [5.74, 6) is 3.43. The third-order valence-corrected chi connectivity index (χ3v) is 5.66. The predicted molar refractivity (Wildman–Crippen MR) is 134 cm³/mol. The molecule has 35 heavy (non-hydrogen) atoms. The molecule has 1 unspecified atom stereocenters. The molecule has 0 aliphatic carbocycles. The third kappa shape index (κ3) is 5.51. The lowest BCUT2D eigenvalue weighted by Crippen LogP contribution is -2.33. The smallest absolute Gasteiger partial charge is 0.338 e. The van der Waals surface area contributed by atoms with Gasteiger partial charge < -0.3 is 15.2 Å². The Bertz CT molecular complexity index is 1330. The first-order valence-corrected chi connectivity index (χ1v) is 11.4. The Hall–Kier alpha value is -4.56. The number of aliphatic carboxylic acids is 1. The fourth-order valence-electron chi connectivity index (χ4n) is 3.95. The summed E-state index contributed by atoms with van der Waals surface area (Å²) in [6.07, 6.45) is 0.438. The van der Waals surface area contributed by atoms with Gasteiger partial charge in [-0.1, -0.05) is 97.6 Å². The normalized spacial score (nSPS) is 15.1. The highest BCUT2D eigenvalue weighted by Gasteiger charge is 2.37. The summed E-state index contributed by atoms with van der Waals surface area (Å²) in [4.78, 5) is 25.9. The topological polar surface area (TPSA) is 75.6 Å². The van der Waals surface area contributed by atoms with Crippen LogP contribution in [0.2, 0.25) is 0 Å². The maximum atomic E-state index is 13.5. The number of hydrogen-bond acceptors (Lipinski definition) is 4. The quantitative estimate of drug-likeness (QED) is 0.390. The molecule has 5 heteroatoms. The largest absolute Gasteiger partial charge is 0.478 e. The van der Waals surface area contributed by atoms with E-state index in [-0.39, 0.29) is 17.8 Å². The van der Waals surface area contributed by atoms with Crippen LogP contribution in [-0.2, 0) is 20.9 Å². The first kappa shape index (κ1) is 23.6. The van der Waals surface area contributed by atoms with Gasteiger partial charge >= 0.3 is 11.9 Å². The number of hydrogen-bond donors (Lipinski definition) is 2. The van der Waals surface area contributed by atoms with Crippen LogP contribution >= 0.6 is 0 Å². The molecule has 0 radical (unpaired) electrons. The summed E-state index contributed by atoms with van der Waals surface area (Å²) in [5, 5.41) is 13.3. The Balaban J connectivity index is 1.84. The average Bonchev–Trinajstić information content (AvgIpc) is 2.91. The highest BCUT2D eigenvalue weighted by Crippen LogP contribution is 2.35. The molecule has 1 aliphatic rings. The van der Waals surface area contributed by atoms with Gasteiger partial charge in [0.15, 0.2) is 0 Å². The zero-order valence-corrected chi connectivity index (χ0v) is 19.3. The summed E-state index contributed by atoms with van der Waals surface area (Å²) in [6, 6.07) is 28.0. The molecule has 1 atom stereocenters. The minimum Gasteiger partial charge on any atom is -0.478 e. The van der Waals surface area contributed by atoms with E-state index in [2.05, 4.69) is 17.2 Å². The van der Waals surface area contributed by atoms with Crippen molar-refractivity contribution in [2.75, 3.05) is 0 Å². The molecule has 0 saturated carbocycles. The molecule has 0 saturated heterocycles. The van der Waals surface area contributed by atoms with Gasteiger partial charge in [-0.15, -0.1) is 0 Å². The molecule has 1 heterocycles. The number of benzene rings is 3. The minimum atomic E-state index is -1.12. The number of carboxylic acid groups (broad SMARTS) is 1. The van der Waals surface area contributed by atoms with Crippen molar-refractivity contribution >= 4 is 17.6 Å². The second-order valence-electron chi connectivity index (χ2n) is 7.96.